The largest absolute Gasteiger partial charge is 0.356 e. The Morgan fingerprint density at radius 1 is 1.24 bits per heavy atom. The van der Waals surface area contributed by atoms with Crippen LogP contribution in [-0.4, -0.2) is 50.1 Å². The summed E-state index contributed by atoms with van der Waals surface area (Å²) in [5.74, 6) is 2.09. The third-order valence-corrected chi connectivity index (χ3v) is 4.33. The van der Waals surface area contributed by atoms with E-state index < -0.39 is 0 Å². The van der Waals surface area contributed by atoms with Gasteiger partial charge < -0.3 is 15.5 Å². The third-order valence-electron chi connectivity index (χ3n) is 4.33. The van der Waals surface area contributed by atoms with Gasteiger partial charge in [0, 0.05) is 26.2 Å². The van der Waals surface area contributed by atoms with Crippen LogP contribution in [0.4, 0.5) is 0 Å². The number of likely N-dealkylation sites (tertiary alicyclic amines) is 1. The zero-order chi connectivity index (χ0) is 13.7. The van der Waals surface area contributed by atoms with Crippen molar-refractivity contribution in [3.05, 3.63) is 0 Å². The predicted octanol–water partition coefficient (Wildman–Crippen LogP) is 1.92. The highest BCUT2D eigenvalue weighted by molar-refractivity contribution is 5.85. The maximum Gasteiger partial charge on any atom is 0.224 e. The highest BCUT2D eigenvalue weighted by atomic mass is 35.5. The van der Waals surface area contributed by atoms with Gasteiger partial charge in [-0.25, -0.2) is 0 Å². The van der Waals surface area contributed by atoms with Crippen molar-refractivity contribution in [3.63, 3.8) is 0 Å². The highest BCUT2D eigenvalue weighted by Gasteiger charge is 2.23. The Morgan fingerprint density at radius 2 is 1.90 bits per heavy atom. The Bertz CT molecular complexity index is 289. The first-order valence-corrected chi connectivity index (χ1v) is 7.86. The number of halogens is 2. The van der Waals surface area contributed by atoms with Crippen molar-refractivity contribution in [2.24, 2.45) is 17.8 Å². The lowest BCUT2D eigenvalue weighted by Gasteiger charge is -2.34. The van der Waals surface area contributed by atoms with Crippen molar-refractivity contribution in [3.8, 4) is 0 Å². The van der Waals surface area contributed by atoms with Gasteiger partial charge in [-0.15, -0.1) is 24.8 Å². The molecule has 3 unspecified atom stereocenters. The molecular formula is C15H31Cl2N3O. The first-order valence-electron chi connectivity index (χ1n) is 7.86. The van der Waals surface area contributed by atoms with Crippen molar-refractivity contribution in [1.82, 2.24) is 15.5 Å². The molecule has 0 bridgehead atoms. The Morgan fingerprint density at radius 3 is 2.48 bits per heavy atom. The molecule has 2 saturated heterocycles. The van der Waals surface area contributed by atoms with Gasteiger partial charge in [-0.05, 0) is 44.2 Å². The van der Waals surface area contributed by atoms with Crippen LogP contribution in [0.3, 0.4) is 0 Å². The number of nitrogens with one attached hydrogen (secondary N) is 2. The van der Waals surface area contributed by atoms with Gasteiger partial charge in [0.1, 0.15) is 0 Å². The van der Waals surface area contributed by atoms with Gasteiger partial charge in [0.15, 0.2) is 0 Å². The molecule has 2 fully saturated rings. The Balaban J connectivity index is 0.00000200. The summed E-state index contributed by atoms with van der Waals surface area (Å²) in [6, 6.07) is 0. The van der Waals surface area contributed by atoms with Gasteiger partial charge in [0.25, 0.3) is 0 Å². The molecular weight excluding hydrogens is 309 g/mol. The summed E-state index contributed by atoms with van der Waals surface area (Å²) in [7, 11) is 0. The fourth-order valence-corrected chi connectivity index (χ4v) is 3.51. The lowest BCUT2D eigenvalue weighted by molar-refractivity contribution is -0.124. The SMILES string of the molecule is CC1CC(C)CN(CCCNC(=O)C2CCNC2)C1.Cl.Cl. The lowest BCUT2D eigenvalue weighted by atomic mass is 9.92. The molecule has 21 heavy (non-hydrogen) atoms. The minimum Gasteiger partial charge on any atom is -0.356 e. The second-order valence-corrected chi connectivity index (χ2v) is 6.54. The monoisotopic (exact) mass is 339 g/mol. The minimum atomic E-state index is 0. The molecule has 2 rings (SSSR count). The number of nitrogens with zero attached hydrogens (tertiary/aromatic N) is 1. The van der Waals surface area contributed by atoms with Gasteiger partial charge in [0.05, 0.1) is 5.92 Å². The molecule has 0 aromatic rings. The summed E-state index contributed by atoms with van der Waals surface area (Å²) in [5.41, 5.74) is 0. The predicted molar refractivity (Wildman–Crippen MR) is 92.5 cm³/mol. The molecule has 1 amide bonds. The average Bonchev–Trinajstić information content (AvgIpc) is 2.87. The van der Waals surface area contributed by atoms with Crippen LogP contribution in [0.5, 0.6) is 0 Å². The first kappa shape index (κ1) is 21.0. The van der Waals surface area contributed by atoms with E-state index in [2.05, 4.69) is 29.4 Å². The smallest absolute Gasteiger partial charge is 0.224 e. The summed E-state index contributed by atoms with van der Waals surface area (Å²) < 4.78 is 0. The number of hydrogen-bond donors (Lipinski definition) is 2. The molecule has 6 heteroatoms. The van der Waals surface area contributed by atoms with E-state index in [-0.39, 0.29) is 36.6 Å². The van der Waals surface area contributed by atoms with E-state index in [9.17, 15) is 4.79 Å². The zero-order valence-electron chi connectivity index (χ0n) is 13.3. The number of carbonyl (C=O) groups excluding carboxylic acids is 1. The van der Waals surface area contributed by atoms with E-state index in [1.165, 1.54) is 19.5 Å². The van der Waals surface area contributed by atoms with Crippen LogP contribution < -0.4 is 10.6 Å². The molecule has 3 atom stereocenters. The van der Waals surface area contributed by atoms with Crippen LogP contribution in [0.25, 0.3) is 0 Å². The molecule has 0 aromatic heterocycles. The maximum atomic E-state index is 11.8. The van der Waals surface area contributed by atoms with Gasteiger partial charge in [-0.2, -0.15) is 0 Å². The van der Waals surface area contributed by atoms with Gasteiger partial charge >= 0.3 is 0 Å². The second-order valence-electron chi connectivity index (χ2n) is 6.54. The van der Waals surface area contributed by atoms with Crippen LogP contribution in [0, 0.1) is 17.8 Å². The van der Waals surface area contributed by atoms with Gasteiger partial charge in [-0.1, -0.05) is 13.8 Å². The fraction of sp³-hybridized carbons (Fsp3) is 0.933. The van der Waals surface area contributed by atoms with Crippen molar-refractivity contribution < 1.29 is 4.79 Å². The standard InChI is InChI=1S/C15H29N3O.2ClH/c1-12-8-13(2)11-18(10-12)7-3-5-17-15(19)14-4-6-16-9-14;;/h12-14,16H,3-11H2,1-2H3,(H,17,19);2*1H. The summed E-state index contributed by atoms with van der Waals surface area (Å²) in [6.07, 6.45) is 3.43. The lowest BCUT2D eigenvalue weighted by Crippen LogP contribution is -2.40. The van der Waals surface area contributed by atoms with Crippen molar-refractivity contribution in [2.45, 2.75) is 33.1 Å². The molecule has 126 valence electrons. The molecule has 0 aliphatic carbocycles. The molecule has 2 heterocycles. The fourth-order valence-electron chi connectivity index (χ4n) is 3.51. The summed E-state index contributed by atoms with van der Waals surface area (Å²) >= 11 is 0. The number of carbonyl (C=O) groups is 1. The topological polar surface area (TPSA) is 44.4 Å². The first-order chi connectivity index (χ1) is 9.15. The molecule has 2 N–H and O–H groups in total. The Kier molecular flexibility index (Phi) is 10.6. The maximum absolute atomic E-state index is 11.8. The van der Waals surface area contributed by atoms with Crippen LogP contribution in [0.2, 0.25) is 0 Å². The summed E-state index contributed by atoms with van der Waals surface area (Å²) in [5, 5.41) is 6.32. The Labute approximate surface area is 141 Å². The number of piperidine rings is 1. The van der Waals surface area contributed by atoms with Crippen molar-refractivity contribution in [1.29, 1.82) is 0 Å². The van der Waals surface area contributed by atoms with Crippen LogP contribution in [0.1, 0.15) is 33.1 Å². The van der Waals surface area contributed by atoms with Crippen molar-refractivity contribution in [2.75, 3.05) is 39.3 Å². The van der Waals surface area contributed by atoms with Crippen LogP contribution in [-0.2, 0) is 4.79 Å². The molecule has 0 spiro atoms. The average molecular weight is 340 g/mol. The highest BCUT2D eigenvalue weighted by Crippen LogP contribution is 2.20. The second kappa shape index (κ2) is 10.7. The third kappa shape index (κ3) is 7.18. The van der Waals surface area contributed by atoms with E-state index >= 15 is 0 Å². The van der Waals surface area contributed by atoms with E-state index in [4.69, 9.17) is 0 Å². The molecule has 2 aliphatic heterocycles. The van der Waals surface area contributed by atoms with E-state index in [0.29, 0.717) is 0 Å². The Hall–Kier alpha value is -0.0300. The van der Waals surface area contributed by atoms with Gasteiger partial charge in [-0.3, -0.25) is 4.79 Å². The summed E-state index contributed by atoms with van der Waals surface area (Å²) in [4.78, 5) is 14.4. The van der Waals surface area contributed by atoms with E-state index in [1.54, 1.807) is 0 Å². The van der Waals surface area contributed by atoms with Crippen molar-refractivity contribution >= 4 is 30.7 Å². The molecule has 4 nitrogen and oxygen atoms in total. The van der Waals surface area contributed by atoms with E-state index in [1.807, 2.05) is 0 Å². The molecule has 0 aromatic carbocycles. The zero-order valence-corrected chi connectivity index (χ0v) is 14.9. The number of amides is 1. The van der Waals surface area contributed by atoms with Crippen LogP contribution in [0.15, 0.2) is 0 Å². The summed E-state index contributed by atoms with van der Waals surface area (Å²) in [6.45, 7) is 10.9. The minimum absolute atomic E-state index is 0. The molecule has 2 aliphatic rings. The molecule has 0 saturated carbocycles. The van der Waals surface area contributed by atoms with E-state index in [0.717, 1.165) is 50.9 Å². The molecule has 0 radical (unpaired) electrons. The van der Waals surface area contributed by atoms with Gasteiger partial charge in [0.2, 0.25) is 5.91 Å². The quantitative estimate of drug-likeness (QED) is 0.752. The number of hydrogen-bond acceptors (Lipinski definition) is 3. The normalized spacial score (nSPS) is 29.3. The van der Waals surface area contributed by atoms with Crippen LogP contribution >= 0.6 is 24.8 Å². The number of rotatable bonds is 5.